The molecule has 98 valence electrons. The van der Waals surface area contributed by atoms with Crippen LogP contribution >= 0.6 is 0 Å². The third-order valence-electron chi connectivity index (χ3n) is 8.50. The summed E-state index contributed by atoms with van der Waals surface area (Å²) in [7, 11) is 0. The minimum atomic E-state index is 0.725. The van der Waals surface area contributed by atoms with Gasteiger partial charge in [0.25, 0.3) is 0 Å². The number of rotatable bonds is 0. The van der Waals surface area contributed by atoms with Crippen LogP contribution in [0, 0.1) is 46.8 Å². The Morgan fingerprint density at radius 1 is 1.11 bits per heavy atom. The van der Waals surface area contributed by atoms with E-state index in [0.29, 0.717) is 0 Å². The molecule has 0 radical (unpaired) electrons. The summed E-state index contributed by atoms with van der Waals surface area (Å²) in [5, 5.41) is 0. The predicted octanol–water partition coefficient (Wildman–Crippen LogP) is 4.66. The molecule has 18 heavy (non-hydrogen) atoms. The van der Waals surface area contributed by atoms with Crippen LogP contribution in [-0.2, 0) is 0 Å². The molecule has 0 heterocycles. The van der Waals surface area contributed by atoms with Crippen molar-refractivity contribution in [2.75, 3.05) is 0 Å². The van der Waals surface area contributed by atoms with Crippen LogP contribution in [0.4, 0.5) is 0 Å². The van der Waals surface area contributed by atoms with E-state index in [2.05, 4.69) is 19.9 Å². The predicted molar refractivity (Wildman–Crippen MR) is 74.0 cm³/mol. The molecule has 0 aromatic heterocycles. The highest BCUT2D eigenvalue weighted by atomic mass is 14.7. The first-order chi connectivity index (χ1) is 8.69. The van der Waals surface area contributed by atoms with Gasteiger partial charge in [0.1, 0.15) is 0 Å². The van der Waals surface area contributed by atoms with Crippen molar-refractivity contribution in [1.29, 1.82) is 0 Å². The molecule has 7 aliphatic rings. The second-order valence-corrected chi connectivity index (χ2v) is 8.43. The summed E-state index contributed by atoms with van der Waals surface area (Å²) in [6.07, 6.45) is 11.8. The topological polar surface area (TPSA) is 0 Å². The Morgan fingerprint density at radius 2 is 1.94 bits per heavy atom. The maximum atomic E-state index is 2.71. The molecule has 8 atom stereocenters. The molecule has 0 nitrogen and oxygen atoms in total. The van der Waals surface area contributed by atoms with Crippen LogP contribution in [-0.4, -0.2) is 0 Å². The van der Waals surface area contributed by atoms with Crippen LogP contribution in [0.3, 0.4) is 0 Å². The van der Waals surface area contributed by atoms with E-state index < -0.39 is 0 Å². The molecule has 7 rings (SSSR count). The van der Waals surface area contributed by atoms with Gasteiger partial charge >= 0.3 is 0 Å². The fraction of sp³-hybridized carbons (Fsp3) is 0.889. The Kier molecular flexibility index (Phi) is 1.80. The van der Waals surface area contributed by atoms with Gasteiger partial charge < -0.3 is 0 Å². The zero-order valence-electron chi connectivity index (χ0n) is 11.9. The van der Waals surface area contributed by atoms with E-state index in [0.717, 1.165) is 46.8 Å². The lowest BCUT2D eigenvalue weighted by Crippen LogP contribution is -2.53. The van der Waals surface area contributed by atoms with Crippen LogP contribution < -0.4 is 0 Å². The van der Waals surface area contributed by atoms with Gasteiger partial charge in [0, 0.05) is 0 Å². The third-order valence-corrected chi connectivity index (χ3v) is 8.50. The van der Waals surface area contributed by atoms with E-state index in [1.165, 1.54) is 25.7 Å². The zero-order chi connectivity index (χ0) is 12.1. The Bertz CT molecular complexity index is 433. The van der Waals surface area contributed by atoms with Gasteiger partial charge in [-0.05, 0) is 85.4 Å². The highest BCUT2D eigenvalue weighted by Crippen LogP contribution is 2.75. The normalized spacial score (nSPS) is 66.8. The van der Waals surface area contributed by atoms with Crippen LogP contribution in [0.25, 0.3) is 0 Å². The number of fused-ring (bicyclic) bond motifs is 1. The molecule has 5 fully saturated rings. The molecule has 0 aromatic rings. The second kappa shape index (κ2) is 3.07. The molecule has 5 saturated carbocycles. The summed E-state index contributed by atoms with van der Waals surface area (Å²) in [5.74, 6) is 7.58. The number of hydrogen-bond donors (Lipinski definition) is 0. The first kappa shape index (κ1) is 10.5. The first-order valence-corrected chi connectivity index (χ1v) is 8.37. The van der Waals surface area contributed by atoms with Gasteiger partial charge in [-0.1, -0.05) is 25.5 Å². The highest BCUT2D eigenvalue weighted by molar-refractivity contribution is 5.22. The maximum absolute atomic E-state index is 2.71. The van der Waals surface area contributed by atoms with Crippen molar-refractivity contribution >= 4 is 0 Å². The summed E-state index contributed by atoms with van der Waals surface area (Å²) in [4.78, 5) is 0. The van der Waals surface area contributed by atoms with Crippen LogP contribution in [0.15, 0.2) is 11.6 Å². The van der Waals surface area contributed by atoms with Crippen molar-refractivity contribution in [1.82, 2.24) is 0 Å². The molecule has 0 spiro atoms. The van der Waals surface area contributed by atoms with Crippen molar-refractivity contribution in [3.05, 3.63) is 11.6 Å². The average Bonchev–Trinajstić information content (AvgIpc) is 3.00. The SMILES string of the molecule is CC1C2CC3C4C/C=C5/CCC(C5)C(CC24)C13C. The van der Waals surface area contributed by atoms with Gasteiger partial charge in [0.2, 0.25) is 0 Å². The van der Waals surface area contributed by atoms with Crippen molar-refractivity contribution < 1.29 is 0 Å². The summed E-state index contributed by atoms with van der Waals surface area (Å²) < 4.78 is 0. The smallest absolute Gasteiger partial charge is 0.0235 e. The Hall–Kier alpha value is -0.260. The summed E-state index contributed by atoms with van der Waals surface area (Å²) >= 11 is 0. The lowest BCUT2D eigenvalue weighted by molar-refractivity contribution is -0.110. The number of hydrogen-bond acceptors (Lipinski definition) is 0. The first-order valence-electron chi connectivity index (χ1n) is 8.37. The molecular formula is C18H26. The van der Waals surface area contributed by atoms with Gasteiger partial charge in [0.15, 0.2) is 0 Å². The highest BCUT2D eigenvalue weighted by Gasteiger charge is 2.69. The van der Waals surface area contributed by atoms with E-state index >= 15 is 0 Å². The molecule has 7 aliphatic carbocycles. The molecule has 0 amide bonds. The zero-order valence-corrected chi connectivity index (χ0v) is 11.9. The number of allylic oxidation sites excluding steroid dienone is 2. The van der Waals surface area contributed by atoms with E-state index in [1.807, 2.05) is 5.57 Å². The van der Waals surface area contributed by atoms with Crippen molar-refractivity contribution in [3.63, 3.8) is 0 Å². The molecule has 0 N–H and O–H groups in total. The minimum Gasteiger partial charge on any atom is -0.0850 e. The molecule has 0 aromatic carbocycles. The Labute approximate surface area is 111 Å². The van der Waals surface area contributed by atoms with E-state index in [1.54, 1.807) is 12.8 Å². The lowest BCUT2D eigenvalue weighted by atomic mass is 9.46. The fourth-order valence-electron chi connectivity index (χ4n) is 7.64. The maximum Gasteiger partial charge on any atom is -0.0235 e. The summed E-state index contributed by atoms with van der Waals surface area (Å²) in [6, 6.07) is 0. The molecule has 0 saturated heterocycles. The van der Waals surface area contributed by atoms with Gasteiger partial charge in [-0.3, -0.25) is 0 Å². The van der Waals surface area contributed by atoms with Gasteiger partial charge in [-0.15, -0.1) is 0 Å². The molecule has 8 unspecified atom stereocenters. The fourth-order valence-corrected chi connectivity index (χ4v) is 7.64. The molecule has 8 bridgehead atoms. The van der Waals surface area contributed by atoms with Crippen molar-refractivity contribution in [2.45, 2.75) is 52.4 Å². The standard InChI is InChI=1S/C18H26/c1-10-14-8-17-13-6-4-11-3-5-12(7-11)16(9-15(13)14)18(10,17)2/h4,10,12-17H,3,5-9H2,1-2H3/b11-4-. The third kappa shape index (κ3) is 0.958. The van der Waals surface area contributed by atoms with Gasteiger partial charge in [-0.2, -0.15) is 0 Å². The summed E-state index contributed by atoms with van der Waals surface area (Å²) in [6.45, 7) is 5.32. The lowest BCUT2D eigenvalue weighted by Gasteiger charge is -2.59. The van der Waals surface area contributed by atoms with E-state index in [9.17, 15) is 0 Å². The summed E-state index contributed by atoms with van der Waals surface area (Å²) in [5.41, 5.74) is 2.56. The van der Waals surface area contributed by atoms with Crippen LogP contribution in [0.1, 0.15) is 52.4 Å². The Morgan fingerprint density at radius 3 is 2.83 bits per heavy atom. The van der Waals surface area contributed by atoms with Gasteiger partial charge in [-0.25, -0.2) is 0 Å². The average molecular weight is 242 g/mol. The Balaban J connectivity index is 1.69. The monoisotopic (exact) mass is 242 g/mol. The van der Waals surface area contributed by atoms with Crippen LogP contribution in [0.2, 0.25) is 0 Å². The molecular weight excluding hydrogens is 216 g/mol. The van der Waals surface area contributed by atoms with Crippen molar-refractivity contribution in [2.24, 2.45) is 46.8 Å². The van der Waals surface area contributed by atoms with Crippen LogP contribution in [0.5, 0.6) is 0 Å². The second-order valence-electron chi connectivity index (χ2n) is 8.43. The largest absolute Gasteiger partial charge is 0.0850 e. The van der Waals surface area contributed by atoms with Gasteiger partial charge in [0.05, 0.1) is 0 Å². The van der Waals surface area contributed by atoms with E-state index in [4.69, 9.17) is 0 Å². The molecule has 0 heteroatoms. The quantitative estimate of drug-likeness (QED) is 0.542. The minimum absolute atomic E-state index is 0.725. The molecule has 0 aliphatic heterocycles. The van der Waals surface area contributed by atoms with E-state index in [-0.39, 0.29) is 0 Å². The van der Waals surface area contributed by atoms with Crippen molar-refractivity contribution in [3.8, 4) is 0 Å².